The summed E-state index contributed by atoms with van der Waals surface area (Å²) in [5.41, 5.74) is 1.24. The summed E-state index contributed by atoms with van der Waals surface area (Å²) in [5.74, 6) is 0.977. The quantitative estimate of drug-likeness (QED) is 0.589. The van der Waals surface area contributed by atoms with E-state index in [0.29, 0.717) is 0 Å². The maximum Gasteiger partial charge on any atom is 0.0177 e. The minimum Gasteiger partial charge on any atom is -0.376 e. The van der Waals surface area contributed by atoms with E-state index in [1.54, 1.807) is 0 Å². The Morgan fingerprint density at radius 2 is 2.00 bits per heavy atom. The monoisotopic (exact) mass is 153 g/mol. The SMILES string of the molecule is C=C(C)N1CCC(CC)CC1. The fourth-order valence-electron chi connectivity index (χ4n) is 1.72. The zero-order valence-electron chi connectivity index (χ0n) is 7.77. The van der Waals surface area contributed by atoms with Crippen molar-refractivity contribution in [2.45, 2.75) is 33.1 Å². The molecule has 0 radical (unpaired) electrons. The van der Waals surface area contributed by atoms with Crippen molar-refractivity contribution in [1.82, 2.24) is 4.90 Å². The molecule has 0 atom stereocenters. The lowest BCUT2D eigenvalue weighted by atomic mass is 9.94. The Morgan fingerprint density at radius 3 is 2.36 bits per heavy atom. The Morgan fingerprint density at radius 1 is 1.45 bits per heavy atom. The fourth-order valence-corrected chi connectivity index (χ4v) is 1.72. The first-order chi connectivity index (χ1) is 5.24. The van der Waals surface area contributed by atoms with E-state index in [1.165, 1.54) is 38.0 Å². The summed E-state index contributed by atoms with van der Waals surface area (Å²) in [6, 6.07) is 0. The van der Waals surface area contributed by atoms with Gasteiger partial charge < -0.3 is 4.90 Å². The van der Waals surface area contributed by atoms with Crippen LogP contribution in [0, 0.1) is 5.92 Å². The van der Waals surface area contributed by atoms with Crippen molar-refractivity contribution >= 4 is 0 Å². The third kappa shape index (κ3) is 2.25. The van der Waals surface area contributed by atoms with Crippen molar-refractivity contribution < 1.29 is 0 Å². The van der Waals surface area contributed by atoms with Crippen LogP contribution < -0.4 is 0 Å². The highest BCUT2D eigenvalue weighted by Gasteiger charge is 2.16. The van der Waals surface area contributed by atoms with Crippen LogP contribution in [0.1, 0.15) is 33.1 Å². The Hall–Kier alpha value is -0.460. The van der Waals surface area contributed by atoms with Gasteiger partial charge in [0, 0.05) is 18.8 Å². The summed E-state index contributed by atoms with van der Waals surface area (Å²) < 4.78 is 0. The molecule has 0 amide bonds. The second-order valence-corrected chi connectivity index (χ2v) is 3.57. The molecule has 0 aliphatic carbocycles. The summed E-state index contributed by atoms with van der Waals surface area (Å²) in [6.07, 6.45) is 4.08. The van der Waals surface area contributed by atoms with E-state index in [1.807, 2.05) is 0 Å². The first kappa shape index (κ1) is 8.63. The minimum absolute atomic E-state index is 0.977. The zero-order chi connectivity index (χ0) is 8.27. The number of nitrogens with zero attached hydrogens (tertiary/aromatic N) is 1. The van der Waals surface area contributed by atoms with Crippen LogP contribution in [-0.4, -0.2) is 18.0 Å². The number of hydrogen-bond acceptors (Lipinski definition) is 1. The van der Waals surface area contributed by atoms with Gasteiger partial charge in [0.25, 0.3) is 0 Å². The van der Waals surface area contributed by atoms with Gasteiger partial charge in [0.15, 0.2) is 0 Å². The van der Waals surface area contributed by atoms with Gasteiger partial charge in [-0.2, -0.15) is 0 Å². The van der Waals surface area contributed by atoms with Crippen molar-refractivity contribution in [2.75, 3.05) is 13.1 Å². The Balaban J connectivity index is 2.30. The number of allylic oxidation sites excluding steroid dienone is 1. The van der Waals surface area contributed by atoms with Gasteiger partial charge >= 0.3 is 0 Å². The van der Waals surface area contributed by atoms with Crippen molar-refractivity contribution in [3.8, 4) is 0 Å². The van der Waals surface area contributed by atoms with Crippen molar-refractivity contribution in [3.63, 3.8) is 0 Å². The molecule has 1 nitrogen and oxygen atoms in total. The molecule has 1 heterocycles. The molecule has 1 rings (SSSR count). The van der Waals surface area contributed by atoms with Gasteiger partial charge in [-0.15, -0.1) is 0 Å². The molecular weight excluding hydrogens is 134 g/mol. The van der Waals surface area contributed by atoms with E-state index in [4.69, 9.17) is 0 Å². The fraction of sp³-hybridized carbons (Fsp3) is 0.800. The second kappa shape index (κ2) is 3.80. The van der Waals surface area contributed by atoms with E-state index in [9.17, 15) is 0 Å². The topological polar surface area (TPSA) is 3.24 Å². The summed E-state index contributed by atoms with van der Waals surface area (Å²) in [4.78, 5) is 2.40. The number of likely N-dealkylation sites (tertiary alicyclic amines) is 1. The van der Waals surface area contributed by atoms with E-state index in [2.05, 4.69) is 25.3 Å². The van der Waals surface area contributed by atoms with E-state index < -0.39 is 0 Å². The van der Waals surface area contributed by atoms with Crippen molar-refractivity contribution in [1.29, 1.82) is 0 Å². The third-order valence-electron chi connectivity index (χ3n) is 2.73. The summed E-state index contributed by atoms with van der Waals surface area (Å²) >= 11 is 0. The molecule has 11 heavy (non-hydrogen) atoms. The van der Waals surface area contributed by atoms with E-state index >= 15 is 0 Å². The number of hydrogen-bond donors (Lipinski definition) is 0. The molecule has 0 aromatic carbocycles. The molecule has 1 aliphatic rings. The minimum atomic E-state index is 0.977. The van der Waals surface area contributed by atoms with Crippen LogP contribution in [0.25, 0.3) is 0 Å². The first-order valence-electron chi connectivity index (χ1n) is 4.64. The largest absolute Gasteiger partial charge is 0.376 e. The lowest BCUT2D eigenvalue weighted by molar-refractivity contribution is 0.224. The number of rotatable bonds is 2. The van der Waals surface area contributed by atoms with Gasteiger partial charge in [-0.3, -0.25) is 0 Å². The molecule has 1 saturated heterocycles. The van der Waals surface area contributed by atoms with Gasteiger partial charge in [0.2, 0.25) is 0 Å². The van der Waals surface area contributed by atoms with Gasteiger partial charge in [0.05, 0.1) is 0 Å². The molecule has 0 unspecified atom stereocenters. The third-order valence-corrected chi connectivity index (χ3v) is 2.73. The van der Waals surface area contributed by atoms with E-state index in [-0.39, 0.29) is 0 Å². The average Bonchev–Trinajstić information content (AvgIpc) is 2.05. The second-order valence-electron chi connectivity index (χ2n) is 3.57. The normalized spacial score (nSPS) is 20.4. The molecular formula is C10H19N. The van der Waals surface area contributed by atoms with Crippen LogP contribution in [-0.2, 0) is 0 Å². The predicted octanol–water partition coefficient (Wildman–Crippen LogP) is 2.64. The zero-order valence-corrected chi connectivity index (χ0v) is 7.77. The molecule has 64 valence electrons. The standard InChI is InChI=1S/C10H19N/c1-4-10-5-7-11(8-6-10)9(2)3/h10H,2,4-8H2,1,3H3. The Bertz CT molecular complexity index is 132. The lowest BCUT2D eigenvalue weighted by Crippen LogP contribution is -2.31. The number of piperidine rings is 1. The van der Waals surface area contributed by atoms with Crippen molar-refractivity contribution in [2.24, 2.45) is 5.92 Å². The predicted molar refractivity (Wildman–Crippen MR) is 49.4 cm³/mol. The van der Waals surface area contributed by atoms with Gasteiger partial charge in [-0.25, -0.2) is 0 Å². The summed E-state index contributed by atoms with van der Waals surface area (Å²) in [5, 5.41) is 0. The van der Waals surface area contributed by atoms with Crippen LogP contribution in [0.3, 0.4) is 0 Å². The maximum absolute atomic E-state index is 3.96. The smallest absolute Gasteiger partial charge is 0.0177 e. The first-order valence-corrected chi connectivity index (χ1v) is 4.64. The lowest BCUT2D eigenvalue weighted by Gasteiger charge is -2.33. The molecule has 1 aliphatic heterocycles. The highest BCUT2D eigenvalue weighted by atomic mass is 15.1. The Kier molecular flexibility index (Phi) is 2.98. The Labute approximate surface area is 70.1 Å². The highest BCUT2D eigenvalue weighted by Crippen LogP contribution is 2.21. The average molecular weight is 153 g/mol. The molecule has 0 aromatic rings. The molecule has 0 N–H and O–H groups in total. The van der Waals surface area contributed by atoms with Crippen LogP contribution in [0.5, 0.6) is 0 Å². The highest BCUT2D eigenvalue weighted by molar-refractivity contribution is 4.90. The van der Waals surface area contributed by atoms with Crippen LogP contribution in [0.15, 0.2) is 12.3 Å². The van der Waals surface area contributed by atoms with Crippen molar-refractivity contribution in [3.05, 3.63) is 12.3 Å². The molecule has 0 saturated carbocycles. The molecule has 1 heteroatoms. The van der Waals surface area contributed by atoms with Crippen LogP contribution in [0.4, 0.5) is 0 Å². The van der Waals surface area contributed by atoms with E-state index in [0.717, 1.165) is 5.92 Å². The van der Waals surface area contributed by atoms with Crippen LogP contribution >= 0.6 is 0 Å². The molecule has 0 aromatic heterocycles. The molecule has 1 fully saturated rings. The molecule has 0 spiro atoms. The molecule has 0 bridgehead atoms. The maximum atomic E-state index is 3.96. The van der Waals surface area contributed by atoms with Gasteiger partial charge in [0.1, 0.15) is 0 Å². The van der Waals surface area contributed by atoms with Gasteiger partial charge in [-0.1, -0.05) is 19.9 Å². The summed E-state index contributed by atoms with van der Waals surface area (Å²) in [7, 11) is 0. The van der Waals surface area contributed by atoms with Gasteiger partial charge in [-0.05, 0) is 25.7 Å². The van der Waals surface area contributed by atoms with Crippen LogP contribution in [0.2, 0.25) is 0 Å². The summed E-state index contributed by atoms with van der Waals surface area (Å²) in [6.45, 7) is 10.8.